The van der Waals surface area contributed by atoms with Gasteiger partial charge in [0, 0.05) is 31.7 Å². The predicted octanol–water partition coefficient (Wildman–Crippen LogP) is 1.90. The van der Waals surface area contributed by atoms with Gasteiger partial charge in [-0.2, -0.15) is 13.2 Å². The molecule has 0 radical (unpaired) electrons. The van der Waals surface area contributed by atoms with Crippen molar-refractivity contribution in [2.75, 3.05) is 27.2 Å². The molecule has 2 atom stereocenters. The summed E-state index contributed by atoms with van der Waals surface area (Å²) in [6.45, 7) is 0.230. The van der Waals surface area contributed by atoms with Gasteiger partial charge in [0.15, 0.2) is 0 Å². The van der Waals surface area contributed by atoms with Gasteiger partial charge in [0.1, 0.15) is 5.82 Å². The molecule has 0 bridgehead atoms. The van der Waals surface area contributed by atoms with Gasteiger partial charge in [0.25, 0.3) is 0 Å². The molecule has 1 saturated heterocycles. The number of benzene rings is 1. The summed E-state index contributed by atoms with van der Waals surface area (Å²) in [5.41, 5.74) is 1.12. The minimum atomic E-state index is -4.40. The molecule has 2 rings (SSSR count). The van der Waals surface area contributed by atoms with Crippen molar-refractivity contribution in [3.05, 3.63) is 35.1 Å². The second-order valence-corrected chi connectivity index (χ2v) is 6.29. The third-order valence-electron chi connectivity index (χ3n) is 4.03. The molecular formula is C16H21F4N3O. The highest BCUT2D eigenvalue weighted by Crippen LogP contribution is 2.34. The fraction of sp³-hybridized carbons (Fsp3) is 0.562. The molecule has 1 fully saturated rings. The normalized spacial score (nSPS) is 21.3. The molecule has 1 amide bonds. The molecule has 134 valence electrons. The largest absolute Gasteiger partial charge is 0.393 e. The molecule has 1 aliphatic rings. The van der Waals surface area contributed by atoms with E-state index in [9.17, 15) is 22.4 Å². The number of hydrogen-bond donors (Lipinski definition) is 2. The van der Waals surface area contributed by atoms with Crippen molar-refractivity contribution in [1.29, 1.82) is 0 Å². The van der Waals surface area contributed by atoms with Crippen molar-refractivity contribution in [2.24, 2.45) is 11.8 Å². The molecule has 0 saturated carbocycles. The van der Waals surface area contributed by atoms with E-state index in [0.717, 1.165) is 0 Å². The summed E-state index contributed by atoms with van der Waals surface area (Å²) in [7, 11) is 3.61. The molecule has 0 spiro atoms. The van der Waals surface area contributed by atoms with Gasteiger partial charge in [-0.15, -0.1) is 0 Å². The number of carbonyl (C=O) groups excluding carboxylic acids is 1. The number of amides is 1. The van der Waals surface area contributed by atoms with E-state index in [2.05, 4.69) is 10.6 Å². The summed E-state index contributed by atoms with van der Waals surface area (Å²) < 4.78 is 52.4. The number of nitrogens with one attached hydrogen (secondary N) is 2. The highest BCUT2D eigenvalue weighted by Gasteiger charge is 2.49. The smallest absolute Gasteiger partial charge is 0.352 e. The van der Waals surface area contributed by atoms with Crippen molar-refractivity contribution >= 4 is 5.91 Å². The molecular weight excluding hydrogens is 326 g/mol. The number of alkyl halides is 3. The lowest BCUT2D eigenvalue weighted by Gasteiger charge is -2.20. The monoisotopic (exact) mass is 347 g/mol. The quantitative estimate of drug-likeness (QED) is 0.800. The maximum atomic E-state index is 13.7. The maximum Gasteiger partial charge on any atom is 0.393 e. The minimum Gasteiger partial charge on any atom is -0.352 e. The average Bonchev–Trinajstić information content (AvgIpc) is 2.97. The number of halogens is 4. The van der Waals surface area contributed by atoms with Gasteiger partial charge in [-0.1, -0.05) is 6.07 Å². The number of hydrogen-bond acceptors (Lipinski definition) is 3. The van der Waals surface area contributed by atoms with Gasteiger partial charge in [-0.3, -0.25) is 4.79 Å². The zero-order valence-electron chi connectivity index (χ0n) is 13.6. The third-order valence-corrected chi connectivity index (χ3v) is 4.03. The molecule has 0 aliphatic carbocycles. The van der Waals surface area contributed by atoms with Crippen LogP contribution < -0.4 is 10.6 Å². The van der Waals surface area contributed by atoms with Crippen LogP contribution in [0.15, 0.2) is 18.2 Å². The third kappa shape index (κ3) is 4.67. The van der Waals surface area contributed by atoms with E-state index in [0.29, 0.717) is 17.7 Å². The Morgan fingerprint density at radius 1 is 1.33 bits per heavy atom. The predicted molar refractivity (Wildman–Crippen MR) is 81.5 cm³/mol. The molecule has 1 aromatic rings. The summed E-state index contributed by atoms with van der Waals surface area (Å²) in [6.07, 6.45) is -4.40. The van der Waals surface area contributed by atoms with Crippen LogP contribution in [0.4, 0.5) is 17.6 Å². The van der Waals surface area contributed by atoms with Crippen molar-refractivity contribution < 1.29 is 22.4 Å². The van der Waals surface area contributed by atoms with Crippen molar-refractivity contribution in [2.45, 2.75) is 19.3 Å². The van der Waals surface area contributed by atoms with Crippen molar-refractivity contribution in [3.63, 3.8) is 0 Å². The molecule has 0 aromatic heterocycles. The highest BCUT2D eigenvalue weighted by molar-refractivity contribution is 5.79. The Morgan fingerprint density at radius 2 is 2.04 bits per heavy atom. The lowest BCUT2D eigenvalue weighted by atomic mass is 9.94. The summed E-state index contributed by atoms with van der Waals surface area (Å²) in [4.78, 5) is 13.9. The minimum absolute atomic E-state index is 0.00527. The fourth-order valence-corrected chi connectivity index (χ4v) is 2.82. The van der Waals surface area contributed by atoms with Crippen LogP contribution in [0.1, 0.15) is 11.1 Å². The first-order chi connectivity index (χ1) is 11.2. The number of nitrogens with zero attached hydrogens (tertiary/aromatic N) is 1. The Kier molecular flexibility index (Phi) is 5.82. The Bertz CT molecular complexity index is 589. The maximum absolute atomic E-state index is 13.7. The standard InChI is InChI=1S/C16H21F4N3O/c1-23(2)9-11-5-10(3-4-14(11)17)6-22-15(24)12-7-21-8-13(12)16(18,19)20/h3-5,12-13,21H,6-9H2,1-2H3,(H,22,24)/t12-,13-/m1/s1. The lowest BCUT2D eigenvalue weighted by Crippen LogP contribution is -2.39. The van der Waals surface area contributed by atoms with Crippen LogP contribution >= 0.6 is 0 Å². The SMILES string of the molecule is CN(C)Cc1cc(CNC(=O)[C@@H]2CNC[C@H]2C(F)(F)F)ccc1F. The van der Waals surface area contributed by atoms with Gasteiger partial charge in [0.05, 0.1) is 11.8 Å². The van der Waals surface area contributed by atoms with E-state index in [4.69, 9.17) is 0 Å². The van der Waals surface area contributed by atoms with Crippen LogP contribution in [0.25, 0.3) is 0 Å². The first-order valence-electron chi connectivity index (χ1n) is 7.65. The first-order valence-corrected chi connectivity index (χ1v) is 7.65. The Morgan fingerprint density at radius 3 is 2.67 bits per heavy atom. The van der Waals surface area contributed by atoms with Crippen LogP contribution in [0.3, 0.4) is 0 Å². The zero-order valence-corrected chi connectivity index (χ0v) is 13.6. The second-order valence-electron chi connectivity index (χ2n) is 6.29. The molecule has 4 nitrogen and oxygen atoms in total. The molecule has 24 heavy (non-hydrogen) atoms. The van der Waals surface area contributed by atoms with E-state index in [1.165, 1.54) is 12.1 Å². The van der Waals surface area contributed by atoms with E-state index in [1.807, 2.05) is 0 Å². The van der Waals surface area contributed by atoms with Crippen molar-refractivity contribution in [1.82, 2.24) is 15.5 Å². The molecule has 8 heteroatoms. The Hall–Kier alpha value is -1.67. The second kappa shape index (κ2) is 7.48. The zero-order chi connectivity index (χ0) is 17.9. The topological polar surface area (TPSA) is 44.4 Å². The average molecular weight is 347 g/mol. The van der Waals surface area contributed by atoms with Crippen LogP contribution in [-0.2, 0) is 17.9 Å². The van der Waals surface area contributed by atoms with E-state index < -0.39 is 23.9 Å². The summed E-state index contributed by atoms with van der Waals surface area (Å²) in [6, 6.07) is 4.43. The van der Waals surface area contributed by atoms with Gasteiger partial charge in [-0.05, 0) is 31.8 Å². The summed E-state index contributed by atoms with van der Waals surface area (Å²) in [5, 5.41) is 5.14. The van der Waals surface area contributed by atoms with Gasteiger partial charge >= 0.3 is 6.18 Å². The van der Waals surface area contributed by atoms with Crippen LogP contribution in [0.2, 0.25) is 0 Å². The first kappa shape index (κ1) is 18.7. The van der Waals surface area contributed by atoms with E-state index >= 15 is 0 Å². The van der Waals surface area contributed by atoms with Gasteiger partial charge in [0.2, 0.25) is 5.91 Å². The van der Waals surface area contributed by atoms with Gasteiger partial charge < -0.3 is 15.5 Å². The summed E-state index contributed by atoms with van der Waals surface area (Å²) >= 11 is 0. The highest BCUT2D eigenvalue weighted by atomic mass is 19.4. The van der Waals surface area contributed by atoms with Gasteiger partial charge in [-0.25, -0.2) is 4.39 Å². The Labute approximate surface area is 138 Å². The molecule has 1 aliphatic heterocycles. The number of rotatable bonds is 5. The van der Waals surface area contributed by atoms with Crippen LogP contribution in [-0.4, -0.2) is 44.2 Å². The Balaban J connectivity index is 1.99. The number of carbonyl (C=O) groups is 1. The summed E-state index contributed by atoms with van der Waals surface area (Å²) in [5.74, 6) is -3.79. The fourth-order valence-electron chi connectivity index (χ4n) is 2.82. The van der Waals surface area contributed by atoms with E-state index in [-0.39, 0.29) is 25.5 Å². The molecule has 1 heterocycles. The lowest BCUT2D eigenvalue weighted by molar-refractivity contribution is -0.182. The van der Waals surface area contributed by atoms with Crippen LogP contribution in [0.5, 0.6) is 0 Å². The van der Waals surface area contributed by atoms with Crippen molar-refractivity contribution in [3.8, 4) is 0 Å². The molecule has 1 aromatic carbocycles. The molecule has 0 unspecified atom stereocenters. The molecule has 2 N–H and O–H groups in total. The van der Waals surface area contributed by atoms with Crippen LogP contribution in [0, 0.1) is 17.7 Å². The van der Waals surface area contributed by atoms with E-state index in [1.54, 1.807) is 25.1 Å².